The van der Waals surface area contributed by atoms with Crippen LogP contribution in [0.25, 0.3) is 5.95 Å². The van der Waals surface area contributed by atoms with E-state index in [0.29, 0.717) is 17.8 Å². The highest BCUT2D eigenvalue weighted by molar-refractivity contribution is 6.28. The monoisotopic (exact) mass is 295 g/mol. The van der Waals surface area contributed by atoms with Crippen molar-refractivity contribution >= 4 is 17.5 Å². The van der Waals surface area contributed by atoms with Crippen molar-refractivity contribution < 1.29 is 4.74 Å². The summed E-state index contributed by atoms with van der Waals surface area (Å²) in [6, 6.07) is 0.194. The molecule has 1 aliphatic rings. The van der Waals surface area contributed by atoms with E-state index in [1.165, 1.54) is 17.3 Å². The molecule has 8 nitrogen and oxygen atoms in total. The first-order valence-electron chi connectivity index (χ1n) is 6.33. The number of rotatable bonds is 4. The highest BCUT2D eigenvalue weighted by Gasteiger charge is 2.23. The topological polar surface area (TPSA) is 90.6 Å². The Bertz CT molecular complexity index is 570. The molecule has 3 rings (SSSR count). The molecule has 2 aromatic rings. The lowest BCUT2D eigenvalue weighted by Crippen LogP contribution is -2.27. The SMILES string of the molecule is CC(Nc1nc(Cl)nc(-n2cncn2)n1)C1CCOC1. The molecular formula is C11H14ClN7O. The Hall–Kier alpha value is -1.80. The first kappa shape index (κ1) is 13.2. The summed E-state index contributed by atoms with van der Waals surface area (Å²) in [7, 11) is 0. The van der Waals surface area contributed by atoms with Crippen LogP contribution in [0.2, 0.25) is 5.28 Å². The number of hydrogen-bond acceptors (Lipinski definition) is 7. The zero-order chi connectivity index (χ0) is 13.9. The standard InChI is InChI=1S/C11H14ClN7O/c1-7(8-2-3-20-4-8)15-10-16-9(12)17-11(18-10)19-6-13-5-14-19/h5-8H,2-4H2,1H3,(H,15,16,17,18). The van der Waals surface area contributed by atoms with Crippen molar-refractivity contribution in [3.05, 3.63) is 17.9 Å². The predicted molar refractivity (Wildman–Crippen MR) is 71.8 cm³/mol. The van der Waals surface area contributed by atoms with Gasteiger partial charge in [0.05, 0.1) is 6.61 Å². The minimum absolute atomic E-state index is 0.114. The molecule has 2 atom stereocenters. The summed E-state index contributed by atoms with van der Waals surface area (Å²) < 4.78 is 6.81. The Labute approximate surface area is 120 Å². The second-order valence-corrected chi connectivity index (χ2v) is 4.96. The van der Waals surface area contributed by atoms with E-state index in [2.05, 4.69) is 37.3 Å². The Morgan fingerprint density at radius 1 is 1.45 bits per heavy atom. The fourth-order valence-electron chi connectivity index (χ4n) is 2.09. The van der Waals surface area contributed by atoms with Gasteiger partial charge in [0.15, 0.2) is 0 Å². The Morgan fingerprint density at radius 2 is 2.35 bits per heavy atom. The zero-order valence-corrected chi connectivity index (χ0v) is 11.7. The van der Waals surface area contributed by atoms with E-state index in [9.17, 15) is 0 Å². The van der Waals surface area contributed by atoms with E-state index in [1.54, 1.807) is 0 Å². The molecule has 0 saturated carbocycles. The van der Waals surface area contributed by atoms with Crippen LogP contribution in [0.1, 0.15) is 13.3 Å². The van der Waals surface area contributed by atoms with Gasteiger partial charge >= 0.3 is 0 Å². The van der Waals surface area contributed by atoms with Gasteiger partial charge in [-0.1, -0.05) is 0 Å². The normalized spacial score (nSPS) is 20.0. The number of nitrogens with one attached hydrogen (secondary N) is 1. The van der Waals surface area contributed by atoms with Crippen molar-refractivity contribution in [2.75, 3.05) is 18.5 Å². The van der Waals surface area contributed by atoms with Gasteiger partial charge in [0.25, 0.3) is 5.95 Å². The van der Waals surface area contributed by atoms with Crippen LogP contribution >= 0.6 is 11.6 Å². The molecular weight excluding hydrogens is 282 g/mol. The molecule has 1 N–H and O–H groups in total. The van der Waals surface area contributed by atoms with E-state index in [4.69, 9.17) is 16.3 Å². The Morgan fingerprint density at radius 3 is 3.05 bits per heavy atom. The quantitative estimate of drug-likeness (QED) is 0.897. The van der Waals surface area contributed by atoms with Gasteiger partial charge in [-0.25, -0.2) is 4.98 Å². The number of anilines is 1. The number of halogens is 1. The molecule has 1 aliphatic heterocycles. The van der Waals surface area contributed by atoms with E-state index >= 15 is 0 Å². The van der Waals surface area contributed by atoms with Crippen LogP contribution < -0.4 is 5.32 Å². The molecule has 0 amide bonds. The largest absolute Gasteiger partial charge is 0.381 e. The van der Waals surface area contributed by atoms with Crippen molar-refractivity contribution in [2.45, 2.75) is 19.4 Å². The third kappa shape index (κ3) is 2.86. The maximum absolute atomic E-state index is 5.92. The van der Waals surface area contributed by atoms with Crippen LogP contribution in [0.15, 0.2) is 12.7 Å². The number of ether oxygens (including phenoxy) is 1. The fourth-order valence-corrected chi connectivity index (χ4v) is 2.24. The smallest absolute Gasteiger partial charge is 0.258 e. The summed E-state index contributed by atoms with van der Waals surface area (Å²) in [6.45, 7) is 3.63. The summed E-state index contributed by atoms with van der Waals surface area (Å²) in [4.78, 5) is 16.2. The molecule has 106 valence electrons. The molecule has 20 heavy (non-hydrogen) atoms. The minimum Gasteiger partial charge on any atom is -0.381 e. The fraction of sp³-hybridized carbons (Fsp3) is 0.545. The van der Waals surface area contributed by atoms with Gasteiger partial charge in [-0.05, 0) is 24.9 Å². The molecule has 1 fully saturated rings. The molecule has 0 radical (unpaired) electrons. The first-order valence-corrected chi connectivity index (χ1v) is 6.71. The summed E-state index contributed by atoms with van der Waals surface area (Å²) in [5.41, 5.74) is 0. The first-order chi connectivity index (χ1) is 9.72. The van der Waals surface area contributed by atoms with Crippen LogP contribution in [0.3, 0.4) is 0 Å². The molecule has 0 aliphatic carbocycles. The van der Waals surface area contributed by atoms with Gasteiger partial charge in [-0.15, -0.1) is 0 Å². The summed E-state index contributed by atoms with van der Waals surface area (Å²) >= 11 is 5.92. The summed E-state index contributed by atoms with van der Waals surface area (Å²) in [5, 5.41) is 7.32. The molecule has 2 aromatic heterocycles. The van der Waals surface area contributed by atoms with Gasteiger partial charge in [-0.2, -0.15) is 24.7 Å². The Balaban J connectivity index is 1.79. The van der Waals surface area contributed by atoms with Gasteiger partial charge in [0, 0.05) is 18.6 Å². The van der Waals surface area contributed by atoms with Crippen LogP contribution in [-0.2, 0) is 4.74 Å². The van der Waals surface area contributed by atoms with Crippen LogP contribution in [0.5, 0.6) is 0 Å². The van der Waals surface area contributed by atoms with Crippen LogP contribution in [0.4, 0.5) is 5.95 Å². The highest BCUT2D eigenvalue weighted by atomic mass is 35.5. The lowest BCUT2D eigenvalue weighted by Gasteiger charge is -2.19. The van der Waals surface area contributed by atoms with Gasteiger partial charge < -0.3 is 10.1 Å². The average molecular weight is 296 g/mol. The molecule has 0 bridgehead atoms. The summed E-state index contributed by atoms with van der Waals surface area (Å²) in [5.74, 6) is 1.20. The number of nitrogens with zero attached hydrogens (tertiary/aromatic N) is 6. The van der Waals surface area contributed by atoms with E-state index in [1.807, 2.05) is 0 Å². The van der Waals surface area contributed by atoms with Crippen molar-refractivity contribution in [3.63, 3.8) is 0 Å². The molecule has 1 saturated heterocycles. The maximum Gasteiger partial charge on any atom is 0.258 e. The van der Waals surface area contributed by atoms with E-state index < -0.39 is 0 Å². The van der Waals surface area contributed by atoms with Gasteiger partial charge in [-0.3, -0.25) is 0 Å². The number of hydrogen-bond donors (Lipinski definition) is 1. The second-order valence-electron chi connectivity index (χ2n) is 4.62. The third-order valence-electron chi connectivity index (χ3n) is 3.25. The Kier molecular flexibility index (Phi) is 3.75. The minimum atomic E-state index is 0.114. The average Bonchev–Trinajstić information content (AvgIpc) is 3.12. The second kappa shape index (κ2) is 5.68. The molecule has 9 heteroatoms. The maximum atomic E-state index is 5.92. The van der Waals surface area contributed by atoms with Crippen LogP contribution in [0, 0.1) is 5.92 Å². The number of aromatic nitrogens is 6. The highest BCUT2D eigenvalue weighted by Crippen LogP contribution is 2.19. The van der Waals surface area contributed by atoms with E-state index in [-0.39, 0.29) is 11.3 Å². The molecule has 2 unspecified atom stereocenters. The molecule has 3 heterocycles. The molecule has 0 aromatic carbocycles. The van der Waals surface area contributed by atoms with E-state index in [0.717, 1.165) is 19.6 Å². The van der Waals surface area contributed by atoms with Crippen molar-refractivity contribution in [1.82, 2.24) is 29.7 Å². The van der Waals surface area contributed by atoms with Crippen molar-refractivity contribution in [1.29, 1.82) is 0 Å². The zero-order valence-electron chi connectivity index (χ0n) is 10.9. The van der Waals surface area contributed by atoms with Crippen molar-refractivity contribution in [3.8, 4) is 5.95 Å². The molecule has 0 spiro atoms. The lowest BCUT2D eigenvalue weighted by atomic mass is 10.0. The van der Waals surface area contributed by atoms with Crippen molar-refractivity contribution in [2.24, 2.45) is 5.92 Å². The van der Waals surface area contributed by atoms with Gasteiger partial charge in [0.2, 0.25) is 11.2 Å². The van der Waals surface area contributed by atoms with Crippen LogP contribution in [-0.4, -0.2) is 49.0 Å². The summed E-state index contributed by atoms with van der Waals surface area (Å²) in [6.07, 6.45) is 3.94. The lowest BCUT2D eigenvalue weighted by molar-refractivity contribution is 0.183. The predicted octanol–water partition coefficient (Wildman–Crippen LogP) is 0.943. The van der Waals surface area contributed by atoms with Gasteiger partial charge in [0.1, 0.15) is 12.7 Å². The third-order valence-corrected chi connectivity index (χ3v) is 3.42.